The fourth-order valence-corrected chi connectivity index (χ4v) is 3.58. The van der Waals surface area contributed by atoms with Gasteiger partial charge in [-0.15, -0.1) is 0 Å². The Morgan fingerprint density at radius 2 is 1.66 bits per heavy atom. The standard InChI is InChI=1S/C23H28N2O4/c26-21(25-28)15-14-17-10-12-18(13-11-17)16-24-22(19-6-2-1-3-7-19)23(27)29-20-8-4-5-9-20/h1-3,6-7,10-13,20,22,24,28H,4-5,8-9,14-16H2,(H,25,26)/t22-/m0/s1. The molecule has 1 atom stereocenters. The Labute approximate surface area is 171 Å². The van der Waals surface area contributed by atoms with Gasteiger partial charge in [0.2, 0.25) is 5.91 Å². The molecule has 0 aromatic heterocycles. The molecule has 1 amide bonds. The topological polar surface area (TPSA) is 87.7 Å². The quantitative estimate of drug-likeness (QED) is 0.343. The van der Waals surface area contributed by atoms with E-state index < -0.39 is 11.9 Å². The first-order valence-corrected chi connectivity index (χ1v) is 10.2. The van der Waals surface area contributed by atoms with Crippen LogP contribution >= 0.6 is 0 Å². The number of ether oxygens (including phenoxy) is 1. The van der Waals surface area contributed by atoms with E-state index in [9.17, 15) is 9.59 Å². The van der Waals surface area contributed by atoms with Crippen molar-refractivity contribution in [3.05, 3.63) is 71.3 Å². The number of carbonyl (C=O) groups excluding carboxylic acids is 2. The third kappa shape index (κ3) is 6.41. The number of carbonyl (C=O) groups is 2. The van der Waals surface area contributed by atoms with Crippen LogP contribution in [0.15, 0.2) is 54.6 Å². The molecule has 2 aromatic rings. The van der Waals surface area contributed by atoms with E-state index in [2.05, 4.69) is 5.32 Å². The number of amides is 1. The van der Waals surface area contributed by atoms with E-state index in [-0.39, 0.29) is 18.5 Å². The van der Waals surface area contributed by atoms with Gasteiger partial charge in [-0.3, -0.25) is 15.3 Å². The number of hydrogen-bond acceptors (Lipinski definition) is 5. The van der Waals surface area contributed by atoms with Gasteiger partial charge in [-0.1, -0.05) is 54.6 Å². The van der Waals surface area contributed by atoms with Crippen LogP contribution in [0.3, 0.4) is 0 Å². The number of hydroxylamine groups is 1. The lowest BCUT2D eigenvalue weighted by molar-refractivity contribution is -0.151. The van der Waals surface area contributed by atoms with Crippen molar-refractivity contribution in [2.75, 3.05) is 0 Å². The van der Waals surface area contributed by atoms with Crippen molar-refractivity contribution in [3.63, 3.8) is 0 Å². The van der Waals surface area contributed by atoms with E-state index in [0.29, 0.717) is 13.0 Å². The second-order valence-electron chi connectivity index (χ2n) is 7.42. The first-order chi connectivity index (χ1) is 14.2. The Morgan fingerprint density at radius 1 is 1.00 bits per heavy atom. The van der Waals surface area contributed by atoms with Crippen molar-refractivity contribution in [2.45, 2.75) is 57.2 Å². The second-order valence-corrected chi connectivity index (χ2v) is 7.42. The number of nitrogens with one attached hydrogen (secondary N) is 2. The molecule has 1 aliphatic carbocycles. The van der Waals surface area contributed by atoms with E-state index in [1.54, 1.807) is 5.48 Å². The van der Waals surface area contributed by atoms with Crippen molar-refractivity contribution >= 4 is 11.9 Å². The molecule has 1 saturated carbocycles. The van der Waals surface area contributed by atoms with Gasteiger partial charge in [-0.2, -0.15) is 0 Å². The Bertz CT molecular complexity index is 786. The van der Waals surface area contributed by atoms with E-state index in [1.807, 2.05) is 54.6 Å². The number of hydrogen-bond donors (Lipinski definition) is 3. The van der Waals surface area contributed by atoms with Crippen LogP contribution in [-0.4, -0.2) is 23.2 Å². The van der Waals surface area contributed by atoms with Gasteiger partial charge in [0.25, 0.3) is 0 Å². The summed E-state index contributed by atoms with van der Waals surface area (Å²) in [6.45, 7) is 0.525. The molecular formula is C23H28N2O4. The molecule has 3 rings (SSSR count). The lowest BCUT2D eigenvalue weighted by Gasteiger charge is -2.21. The summed E-state index contributed by atoms with van der Waals surface area (Å²) in [5.74, 6) is -0.628. The molecule has 0 aliphatic heterocycles. The average molecular weight is 396 g/mol. The van der Waals surface area contributed by atoms with Gasteiger partial charge < -0.3 is 4.74 Å². The highest BCUT2D eigenvalue weighted by molar-refractivity contribution is 5.78. The van der Waals surface area contributed by atoms with Crippen LogP contribution in [0.4, 0.5) is 0 Å². The molecule has 0 radical (unpaired) electrons. The molecule has 154 valence electrons. The molecule has 0 spiro atoms. The summed E-state index contributed by atoms with van der Waals surface area (Å²) < 4.78 is 5.74. The normalized spacial score (nSPS) is 15.1. The molecule has 0 unspecified atom stereocenters. The average Bonchev–Trinajstić information content (AvgIpc) is 3.26. The zero-order valence-corrected chi connectivity index (χ0v) is 16.5. The van der Waals surface area contributed by atoms with Gasteiger partial charge in [-0.25, -0.2) is 10.3 Å². The molecular weight excluding hydrogens is 368 g/mol. The lowest BCUT2D eigenvalue weighted by atomic mass is 10.0. The van der Waals surface area contributed by atoms with Crippen LogP contribution in [0.5, 0.6) is 0 Å². The maximum absolute atomic E-state index is 12.8. The van der Waals surface area contributed by atoms with Crippen molar-refractivity contribution < 1.29 is 19.5 Å². The van der Waals surface area contributed by atoms with Gasteiger partial charge >= 0.3 is 5.97 Å². The third-order valence-electron chi connectivity index (χ3n) is 5.25. The van der Waals surface area contributed by atoms with Gasteiger partial charge in [0, 0.05) is 13.0 Å². The minimum absolute atomic E-state index is 0.0333. The molecule has 0 saturated heterocycles. The highest BCUT2D eigenvalue weighted by atomic mass is 16.5. The Hall–Kier alpha value is -2.70. The fraction of sp³-hybridized carbons (Fsp3) is 0.391. The summed E-state index contributed by atoms with van der Waals surface area (Å²) in [4.78, 5) is 23.9. The smallest absolute Gasteiger partial charge is 0.328 e. The summed E-state index contributed by atoms with van der Waals surface area (Å²) in [5, 5.41) is 11.9. The van der Waals surface area contributed by atoms with Crippen molar-refractivity contribution in [2.24, 2.45) is 0 Å². The van der Waals surface area contributed by atoms with E-state index in [4.69, 9.17) is 9.94 Å². The van der Waals surface area contributed by atoms with Crippen LogP contribution in [0.25, 0.3) is 0 Å². The molecule has 6 nitrogen and oxygen atoms in total. The predicted molar refractivity (Wildman–Crippen MR) is 109 cm³/mol. The highest BCUT2D eigenvalue weighted by Crippen LogP contribution is 2.24. The van der Waals surface area contributed by atoms with Crippen LogP contribution < -0.4 is 10.8 Å². The van der Waals surface area contributed by atoms with Crippen LogP contribution in [-0.2, 0) is 27.3 Å². The van der Waals surface area contributed by atoms with E-state index in [0.717, 1.165) is 42.4 Å². The minimum Gasteiger partial charge on any atom is -0.461 e. The summed E-state index contributed by atoms with van der Waals surface area (Å²) >= 11 is 0. The van der Waals surface area contributed by atoms with Crippen molar-refractivity contribution in [1.29, 1.82) is 0 Å². The first kappa shape index (κ1) is 21.0. The zero-order chi connectivity index (χ0) is 20.5. The van der Waals surface area contributed by atoms with Crippen molar-refractivity contribution in [1.82, 2.24) is 10.8 Å². The molecule has 6 heteroatoms. The Balaban J connectivity index is 1.60. The summed E-state index contributed by atoms with van der Waals surface area (Å²) in [5.41, 5.74) is 4.58. The minimum atomic E-state index is -0.510. The summed E-state index contributed by atoms with van der Waals surface area (Å²) in [6.07, 6.45) is 4.95. The Kier molecular flexibility index (Phi) is 7.78. The third-order valence-corrected chi connectivity index (χ3v) is 5.25. The van der Waals surface area contributed by atoms with Gasteiger partial charge in [0.05, 0.1) is 0 Å². The molecule has 1 aliphatic rings. The van der Waals surface area contributed by atoms with Crippen molar-refractivity contribution in [3.8, 4) is 0 Å². The monoisotopic (exact) mass is 396 g/mol. The van der Waals surface area contributed by atoms with Gasteiger partial charge in [-0.05, 0) is 48.8 Å². The van der Waals surface area contributed by atoms with Crippen LogP contribution in [0, 0.1) is 0 Å². The number of rotatable bonds is 9. The van der Waals surface area contributed by atoms with Crippen LogP contribution in [0.1, 0.15) is 54.8 Å². The fourth-order valence-electron chi connectivity index (χ4n) is 3.58. The van der Waals surface area contributed by atoms with E-state index in [1.165, 1.54) is 0 Å². The second kappa shape index (κ2) is 10.7. The molecule has 0 heterocycles. The maximum atomic E-state index is 12.8. The molecule has 2 aromatic carbocycles. The first-order valence-electron chi connectivity index (χ1n) is 10.2. The largest absolute Gasteiger partial charge is 0.461 e. The van der Waals surface area contributed by atoms with Gasteiger partial charge in [0.1, 0.15) is 12.1 Å². The maximum Gasteiger partial charge on any atom is 0.328 e. The van der Waals surface area contributed by atoms with E-state index >= 15 is 0 Å². The zero-order valence-electron chi connectivity index (χ0n) is 16.5. The van der Waals surface area contributed by atoms with Gasteiger partial charge in [0.15, 0.2) is 0 Å². The lowest BCUT2D eigenvalue weighted by Crippen LogP contribution is -2.32. The number of esters is 1. The summed E-state index contributed by atoms with van der Waals surface area (Å²) in [6, 6.07) is 17.0. The summed E-state index contributed by atoms with van der Waals surface area (Å²) in [7, 11) is 0. The molecule has 3 N–H and O–H groups in total. The molecule has 29 heavy (non-hydrogen) atoms. The highest BCUT2D eigenvalue weighted by Gasteiger charge is 2.26. The SMILES string of the molecule is O=C(CCc1ccc(CN[C@H](C(=O)OC2CCCC2)c2ccccc2)cc1)NO. The predicted octanol–water partition coefficient (Wildman–Crippen LogP) is 3.44. The number of aryl methyl sites for hydroxylation is 1. The number of benzene rings is 2. The van der Waals surface area contributed by atoms with Crippen LogP contribution in [0.2, 0.25) is 0 Å². The molecule has 0 bridgehead atoms. The Morgan fingerprint density at radius 3 is 2.31 bits per heavy atom. The molecule has 1 fully saturated rings.